The summed E-state index contributed by atoms with van der Waals surface area (Å²) in [5.41, 5.74) is 4.14. The highest BCUT2D eigenvalue weighted by atomic mass is 16.5. The van der Waals surface area contributed by atoms with Crippen molar-refractivity contribution in [2.45, 2.75) is 26.8 Å². The molecular weight excluding hydrogens is 454 g/mol. The Hall–Kier alpha value is -4.45. The lowest BCUT2D eigenvalue weighted by Gasteiger charge is -2.25. The molecule has 0 radical (unpaired) electrons. The number of Topliss-reactive ketones (excluding diaryl/α,β-unsaturated/α-hetero) is 1. The molecule has 1 aromatic heterocycles. The minimum absolute atomic E-state index is 0.0220. The number of carbonyl (C=O) groups excluding carboxylic acids is 2. The van der Waals surface area contributed by atoms with Gasteiger partial charge in [0.2, 0.25) is 5.76 Å². The number of fused-ring (bicyclic) bond motifs is 2. The molecule has 1 atom stereocenters. The standard InChI is InChI=1S/C30H25NO5/c1-5-13-35-23-8-6-7-21(16-23)27-26-28(33)24-14-17(2)18(3)15-25(24)36-29(26)30(34)31(27)22-11-9-20(10-12-22)19(4)32/h5-12,14-16,27H,1,13H2,2-4H3. The molecule has 3 aromatic carbocycles. The van der Waals surface area contributed by atoms with E-state index in [0.29, 0.717) is 40.1 Å². The molecule has 0 spiro atoms. The minimum Gasteiger partial charge on any atom is -0.490 e. The number of amides is 1. The highest BCUT2D eigenvalue weighted by molar-refractivity contribution is 6.11. The molecule has 0 N–H and O–H groups in total. The zero-order chi connectivity index (χ0) is 25.6. The molecular formula is C30H25NO5. The van der Waals surface area contributed by atoms with Crippen molar-refractivity contribution >= 4 is 28.3 Å². The number of anilines is 1. The average Bonchev–Trinajstić information content (AvgIpc) is 3.16. The fourth-order valence-corrected chi connectivity index (χ4v) is 4.60. The monoisotopic (exact) mass is 479 g/mol. The molecule has 6 heteroatoms. The maximum Gasteiger partial charge on any atom is 0.295 e. The molecule has 0 bridgehead atoms. The van der Waals surface area contributed by atoms with E-state index >= 15 is 0 Å². The van der Waals surface area contributed by atoms with Gasteiger partial charge >= 0.3 is 0 Å². The van der Waals surface area contributed by atoms with Crippen LogP contribution in [0.4, 0.5) is 5.69 Å². The Balaban J connectivity index is 1.75. The molecule has 180 valence electrons. The summed E-state index contributed by atoms with van der Waals surface area (Å²) in [6.45, 7) is 9.37. The quantitative estimate of drug-likeness (QED) is 0.253. The van der Waals surface area contributed by atoms with Crippen LogP contribution in [0.15, 0.2) is 82.5 Å². The largest absolute Gasteiger partial charge is 0.490 e. The van der Waals surface area contributed by atoms with Crippen molar-refractivity contribution in [3.8, 4) is 5.75 Å². The van der Waals surface area contributed by atoms with E-state index in [1.165, 1.54) is 6.92 Å². The van der Waals surface area contributed by atoms with E-state index < -0.39 is 11.9 Å². The third kappa shape index (κ3) is 3.81. The van der Waals surface area contributed by atoms with Gasteiger partial charge in [-0.15, -0.1) is 0 Å². The van der Waals surface area contributed by atoms with Crippen molar-refractivity contribution < 1.29 is 18.7 Å². The second kappa shape index (κ2) is 8.96. The van der Waals surface area contributed by atoms with E-state index in [0.717, 1.165) is 11.1 Å². The number of ether oxygens (including phenoxy) is 1. The zero-order valence-electron chi connectivity index (χ0n) is 20.3. The summed E-state index contributed by atoms with van der Waals surface area (Å²) in [5, 5.41) is 0.433. The summed E-state index contributed by atoms with van der Waals surface area (Å²) in [4.78, 5) is 41.0. The van der Waals surface area contributed by atoms with Crippen LogP contribution in [0.3, 0.4) is 0 Å². The highest BCUT2D eigenvalue weighted by Crippen LogP contribution is 2.42. The summed E-state index contributed by atoms with van der Waals surface area (Å²) in [5.74, 6) is 0.126. The Labute approximate surface area is 208 Å². The van der Waals surface area contributed by atoms with Crippen molar-refractivity contribution in [2.24, 2.45) is 0 Å². The van der Waals surface area contributed by atoms with Crippen molar-refractivity contribution in [3.63, 3.8) is 0 Å². The first-order valence-corrected chi connectivity index (χ1v) is 11.7. The van der Waals surface area contributed by atoms with Gasteiger partial charge in [-0.2, -0.15) is 0 Å². The van der Waals surface area contributed by atoms with Crippen molar-refractivity contribution in [3.05, 3.63) is 117 Å². The first-order chi connectivity index (χ1) is 17.3. The summed E-state index contributed by atoms with van der Waals surface area (Å²) >= 11 is 0. The summed E-state index contributed by atoms with van der Waals surface area (Å²) in [6, 6.07) is 17.0. The number of carbonyl (C=O) groups is 2. The average molecular weight is 480 g/mol. The van der Waals surface area contributed by atoms with Crippen LogP contribution in [0.1, 0.15) is 56.1 Å². The molecule has 1 unspecified atom stereocenters. The fourth-order valence-electron chi connectivity index (χ4n) is 4.60. The molecule has 1 amide bonds. The van der Waals surface area contributed by atoms with Crippen LogP contribution in [0.2, 0.25) is 0 Å². The van der Waals surface area contributed by atoms with E-state index in [-0.39, 0.29) is 22.5 Å². The molecule has 0 saturated heterocycles. The predicted molar refractivity (Wildman–Crippen MR) is 139 cm³/mol. The van der Waals surface area contributed by atoms with Gasteiger partial charge in [0, 0.05) is 11.3 Å². The van der Waals surface area contributed by atoms with Crippen LogP contribution < -0.4 is 15.1 Å². The van der Waals surface area contributed by atoms with Gasteiger partial charge in [0.25, 0.3) is 5.91 Å². The van der Waals surface area contributed by atoms with E-state index in [1.54, 1.807) is 41.3 Å². The summed E-state index contributed by atoms with van der Waals surface area (Å²) in [7, 11) is 0. The Morgan fingerprint density at radius 3 is 2.47 bits per heavy atom. The molecule has 0 aliphatic carbocycles. The van der Waals surface area contributed by atoms with Crippen molar-refractivity contribution in [2.75, 3.05) is 11.5 Å². The normalized spacial score (nSPS) is 14.7. The molecule has 2 heterocycles. The van der Waals surface area contributed by atoms with Gasteiger partial charge in [-0.05, 0) is 86.0 Å². The smallest absolute Gasteiger partial charge is 0.295 e. The number of aryl methyl sites for hydroxylation is 2. The molecule has 6 nitrogen and oxygen atoms in total. The lowest BCUT2D eigenvalue weighted by molar-refractivity contribution is 0.0970. The minimum atomic E-state index is -0.731. The number of ketones is 1. The number of hydrogen-bond donors (Lipinski definition) is 0. The topological polar surface area (TPSA) is 76.8 Å². The molecule has 36 heavy (non-hydrogen) atoms. The van der Waals surface area contributed by atoms with Crippen LogP contribution in [0, 0.1) is 13.8 Å². The summed E-state index contributed by atoms with van der Waals surface area (Å²) < 4.78 is 11.8. The van der Waals surface area contributed by atoms with Crippen LogP contribution >= 0.6 is 0 Å². The number of benzene rings is 3. The third-order valence-electron chi connectivity index (χ3n) is 6.58. The number of rotatable bonds is 6. The van der Waals surface area contributed by atoms with E-state index in [1.807, 2.05) is 44.2 Å². The maximum atomic E-state index is 13.9. The van der Waals surface area contributed by atoms with Gasteiger partial charge in [0.15, 0.2) is 11.2 Å². The molecule has 0 saturated carbocycles. The van der Waals surface area contributed by atoms with Crippen molar-refractivity contribution in [1.82, 2.24) is 0 Å². The Morgan fingerprint density at radius 2 is 1.78 bits per heavy atom. The van der Waals surface area contributed by atoms with Gasteiger partial charge in [0.1, 0.15) is 17.9 Å². The molecule has 5 rings (SSSR count). The van der Waals surface area contributed by atoms with Gasteiger partial charge < -0.3 is 9.15 Å². The van der Waals surface area contributed by atoms with Crippen LogP contribution in [-0.4, -0.2) is 18.3 Å². The number of nitrogens with zero attached hydrogens (tertiary/aromatic N) is 1. The van der Waals surface area contributed by atoms with E-state index in [9.17, 15) is 14.4 Å². The fraction of sp³-hybridized carbons (Fsp3) is 0.167. The third-order valence-corrected chi connectivity index (χ3v) is 6.58. The Kier molecular flexibility index (Phi) is 5.80. The van der Waals surface area contributed by atoms with Crippen LogP contribution in [-0.2, 0) is 0 Å². The van der Waals surface area contributed by atoms with Crippen LogP contribution in [0.5, 0.6) is 5.75 Å². The zero-order valence-corrected chi connectivity index (χ0v) is 20.3. The van der Waals surface area contributed by atoms with Crippen LogP contribution in [0.25, 0.3) is 11.0 Å². The maximum absolute atomic E-state index is 13.9. The van der Waals surface area contributed by atoms with Crippen molar-refractivity contribution in [1.29, 1.82) is 0 Å². The van der Waals surface area contributed by atoms with E-state index in [4.69, 9.17) is 9.15 Å². The van der Waals surface area contributed by atoms with E-state index in [2.05, 4.69) is 6.58 Å². The lowest BCUT2D eigenvalue weighted by atomic mass is 9.97. The molecule has 0 fully saturated rings. The Bertz CT molecular complexity index is 1600. The number of hydrogen-bond acceptors (Lipinski definition) is 5. The predicted octanol–water partition coefficient (Wildman–Crippen LogP) is 5.93. The Morgan fingerprint density at radius 1 is 1.06 bits per heavy atom. The second-order valence-electron chi connectivity index (χ2n) is 8.96. The second-order valence-corrected chi connectivity index (χ2v) is 8.96. The first kappa shape index (κ1) is 23.3. The van der Waals surface area contributed by atoms with Gasteiger partial charge in [0.05, 0.1) is 17.0 Å². The first-order valence-electron chi connectivity index (χ1n) is 11.7. The SMILES string of the molecule is C=CCOc1cccc(C2c3c(oc4cc(C)c(C)cc4c3=O)C(=O)N2c2ccc(C(C)=O)cc2)c1. The molecule has 4 aromatic rings. The van der Waals surface area contributed by atoms with Gasteiger partial charge in [-0.25, -0.2) is 0 Å². The van der Waals surface area contributed by atoms with Gasteiger partial charge in [-0.3, -0.25) is 19.3 Å². The lowest BCUT2D eigenvalue weighted by Crippen LogP contribution is -2.29. The van der Waals surface area contributed by atoms with Gasteiger partial charge in [-0.1, -0.05) is 24.8 Å². The molecule has 1 aliphatic rings. The highest BCUT2D eigenvalue weighted by Gasteiger charge is 2.43. The summed E-state index contributed by atoms with van der Waals surface area (Å²) in [6.07, 6.45) is 1.65. The molecule has 1 aliphatic heterocycles.